The van der Waals surface area contributed by atoms with Crippen LogP contribution in [0.3, 0.4) is 0 Å². The molecule has 17 heavy (non-hydrogen) atoms. The van der Waals surface area contributed by atoms with Crippen LogP contribution in [0.2, 0.25) is 0 Å². The van der Waals surface area contributed by atoms with E-state index < -0.39 is 0 Å². The van der Waals surface area contributed by atoms with Gasteiger partial charge in [0, 0.05) is 22.0 Å². The quantitative estimate of drug-likeness (QED) is 0.930. The molecule has 0 amide bonds. The molecule has 2 nitrogen and oxygen atoms in total. The minimum Gasteiger partial charge on any atom is -0.375 e. The van der Waals surface area contributed by atoms with Crippen molar-refractivity contribution in [2.24, 2.45) is 5.73 Å². The van der Waals surface area contributed by atoms with E-state index in [1.165, 1.54) is 12.1 Å². The SMILES string of the molecule is NC(Cc1cc(F)ccc1Br)C1CSCCO1. The van der Waals surface area contributed by atoms with Gasteiger partial charge in [0.25, 0.3) is 0 Å². The molecule has 0 radical (unpaired) electrons. The van der Waals surface area contributed by atoms with Gasteiger partial charge in [0.05, 0.1) is 12.7 Å². The molecule has 1 aromatic carbocycles. The van der Waals surface area contributed by atoms with E-state index in [1.807, 2.05) is 11.8 Å². The van der Waals surface area contributed by atoms with E-state index in [0.717, 1.165) is 28.1 Å². The summed E-state index contributed by atoms with van der Waals surface area (Å²) in [4.78, 5) is 0. The van der Waals surface area contributed by atoms with Gasteiger partial charge in [-0.05, 0) is 30.2 Å². The van der Waals surface area contributed by atoms with Gasteiger partial charge in [0.15, 0.2) is 0 Å². The summed E-state index contributed by atoms with van der Waals surface area (Å²) in [5, 5.41) is 0. The third-order valence-corrected chi connectivity index (χ3v) is 4.58. The van der Waals surface area contributed by atoms with E-state index in [0.29, 0.717) is 6.42 Å². The molecule has 2 N–H and O–H groups in total. The Bertz CT molecular complexity index is 385. The predicted octanol–water partition coefficient (Wildman–Crippen LogP) is 2.59. The first-order chi connectivity index (χ1) is 8.16. The monoisotopic (exact) mass is 319 g/mol. The van der Waals surface area contributed by atoms with E-state index in [9.17, 15) is 4.39 Å². The highest BCUT2D eigenvalue weighted by Gasteiger charge is 2.22. The van der Waals surface area contributed by atoms with Crippen LogP contribution in [-0.4, -0.2) is 30.3 Å². The average Bonchev–Trinajstić information content (AvgIpc) is 2.35. The summed E-state index contributed by atoms with van der Waals surface area (Å²) in [6, 6.07) is 4.60. The lowest BCUT2D eigenvalue weighted by Crippen LogP contribution is -2.42. The summed E-state index contributed by atoms with van der Waals surface area (Å²) >= 11 is 5.27. The molecule has 1 saturated heterocycles. The van der Waals surface area contributed by atoms with Gasteiger partial charge in [-0.2, -0.15) is 11.8 Å². The first kappa shape index (κ1) is 13.3. The number of hydrogen-bond donors (Lipinski definition) is 1. The molecule has 94 valence electrons. The predicted molar refractivity (Wildman–Crippen MR) is 72.8 cm³/mol. The molecule has 0 spiro atoms. The first-order valence-corrected chi connectivity index (χ1v) is 7.50. The van der Waals surface area contributed by atoms with Crippen LogP contribution in [0.1, 0.15) is 5.56 Å². The number of ether oxygens (including phenoxy) is 1. The zero-order chi connectivity index (χ0) is 12.3. The molecule has 0 aliphatic carbocycles. The highest BCUT2D eigenvalue weighted by Crippen LogP contribution is 2.22. The van der Waals surface area contributed by atoms with Crippen LogP contribution in [0.4, 0.5) is 4.39 Å². The molecule has 2 rings (SSSR count). The summed E-state index contributed by atoms with van der Waals surface area (Å²) in [6.07, 6.45) is 0.702. The highest BCUT2D eigenvalue weighted by atomic mass is 79.9. The number of halogens is 2. The smallest absolute Gasteiger partial charge is 0.123 e. The third kappa shape index (κ3) is 3.68. The van der Waals surface area contributed by atoms with Crippen molar-refractivity contribution in [3.63, 3.8) is 0 Å². The molecule has 0 bridgehead atoms. The van der Waals surface area contributed by atoms with Crippen molar-refractivity contribution in [2.45, 2.75) is 18.6 Å². The topological polar surface area (TPSA) is 35.2 Å². The first-order valence-electron chi connectivity index (χ1n) is 5.55. The number of benzene rings is 1. The molecule has 2 unspecified atom stereocenters. The molecular formula is C12H15BrFNOS. The zero-order valence-corrected chi connectivity index (χ0v) is 11.8. The molecule has 1 fully saturated rings. The Morgan fingerprint density at radius 2 is 2.41 bits per heavy atom. The van der Waals surface area contributed by atoms with E-state index in [4.69, 9.17) is 10.5 Å². The van der Waals surface area contributed by atoms with Crippen LogP contribution in [-0.2, 0) is 11.2 Å². The number of nitrogens with two attached hydrogens (primary N) is 1. The normalized spacial score (nSPS) is 22.4. The average molecular weight is 320 g/mol. The van der Waals surface area contributed by atoms with Crippen molar-refractivity contribution in [1.82, 2.24) is 0 Å². The molecule has 1 aliphatic heterocycles. The van der Waals surface area contributed by atoms with Crippen molar-refractivity contribution in [3.8, 4) is 0 Å². The number of thioether (sulfide) groups is 1. The molecule has 0 saturated carbocycles. The second-order valence-electron chi connectivity index (χ2n) is 4.09. The Morgan fingerprint density at radius 1 is 1.59 bits per heavy atom. The van der Waals surface area contributed by atoms with Gasteiger partial charge < -0.3 is 10.5 Å². The van der Waals surface area contributed by atoms with Gasteiger partial charge in [0.2, 0.25) is 0 Å². The Morgan fingerprint density at radius 3 is 3.12 bits per heavy atom. The molecule has 0 aromatic heterocycles. The molecule has 1 aromatic rings. The van der Waals surface area contributed by atoms with E-state index in [2.05, 4.69) is 15.9 Å². The number of hydrogen-bond acceptors (Lipinski definition) is 3. The maximum absolute atomic E-state index is 13.1. The van der Waals surface area contributed by atoms with Crippen LogP contribution in [0.15, 0.2) is 22.7 Å². The summed E-state index contributed by atoms with van der Waals surface area (Å²) < 4.78 is 19.7. The zero-order valence-electron chi connectivity index (χ0n) is 9.36. The van der Waals surface area contributed by atoms with Gasteiger partial charge in [-0.25, -0.2) is 4.39 Å². The van der Waals surface area contributed by atoms with Gasteiger partial charge in [0.1, 0.15) is 5.82 Å². The summed E-state index contributed by atoms with van der Waals surface area (Å²) in [7, 11) is 0. The molecule has 2 atom stereocenters. The molecule has 1 heterocycles. The van der Waals surface area contributed by atoms with Crippen LogP contribution in [0.25, 0.3) is 0 Å². The lowest BCUT2D eigenvalue weighted by atomic mass is 10.0. The second kappa shape index (κ2) is 6.18. The van der Waals surface area contributed by atoms with Gasteiger partial charge >= 0.3 is 0 Å². The summed E-state index contributed by atoms with van der Waals surface area (Å²) in [5.41, 5.74) is 7.02. The van der Waals surface area contributed by atoms with E-state index in [-0.39, 0.29) is 18.0 Å². The van der Waals surface area contributed by atoms with Gasteiger partial charge in [-0.1, -0.05) is 15.9 Å². The van der Waals surface area contributed by atoms with Crippen molar-refractivity contribution in [1.29, 1.82) is 0 Å². The number of rotatable bonds is 3. The van der Waals surface area contributed by atoms with Crippen LogP contribution < -0.4 is 5.73 Å². The van der Waals surface area contributed by atoms with E-state index in [1.54, 1.807) is 6.07 Å². The van der Waals surface area contributed by atoms with Gasteiger partial charge in [-0.3, -0.25) is 0 Å². The highest BCUT2D eigenvalue weighted by molar-refractivity contribution is 9.10. The maximum atomic E-state index is 13.1. The van der Waals surface area contributed by atoms with Crippen molar-refractivity contribution < 1.29 is 9.13 Å². The summed E-state index contributed by atoms with van der Waals surface area (Å²) in [6.45, 7) is 0.757. The Kier molecular flexibility index (Phi) is 4.85. The van der Waals surface area contributed by atoms with Crippen LogP contribution in [0, 0.1) is 5.82 Å². The minimum atomic E-state index is -0.227. The minimum absolute atomic E-state index is 0.0731. The fourth-order valence-corrected chi connectivity index (χ4v) is 3.20. The van der Waals surface area contributed by atoms with Crippen molar-refractivity contribution >= 4 is 27.7 Å². The second-order valence-corrected chi connectivity index (χ2v) is 6.09. The van der Waals surface area contributed by atoms with Crippen LogP contribution >= 0.6 is 27.7 Å². The van der Waals surface area contributed by atoms with E-state index >= 15 is 0 Å². The Hall–Kier alpha value is -0.100. The fraction of sp³-hybridized carbons (Fsp3) is 0.500. The lowest BCUT2D eigenvalue weighted by molar-refractivity contribution is 0.0571. The van der Waals surface area contributed by atoms with Gasteiger partial charge in [-0.15, -0.1) is 0 Å². The molecule has 5 heteroatoms. The largest absolute Gasteiger partial charge is 0.375 e. The fourth-order valence-electron chi connectivity index (χ4n) is 1.84. The third-order valence-electron chi connectivity index (χ3n) is 2.78. The lowest BCUT2D eigenvalue weighted by Gasteiger charge is -2.27. The van der Waals surface area contributed by atoms with Crippen LogP contribution in [0.5, 0.6) is 0 Å². The standard InChI is InChI=1S/C12H15BrFNOS/c13-10-2-1-9(14)5-8(10)6-11(15)12-7-17-4-3-16-12/h1-2,5,11-12H,3-4,6-7,15H2. The van der Waals surface area contributed by atoms with Crippen molar-refractivity contribution in [2.75, 3.05) is 18.1 Å². The van der Waals surface area contributed by atoms with Crippen molar-refractivity contribution in [3.05, 3.63) is 34.1 Å². The maximum Gasteiger partial charge on any atom is 0.123 e. The molecule has 1 aliphatic rings. The summed E-state index contributed by atoms with van der Waals surface area (Å²) in [5.74, 6) is 1.73. The molecular weight excluding hydrogens is 305 g/mol. The Balaban J connectivity index is 2.01. The Labute approximate surface area is 113 Å².